The standard InChI is InChI=1S/C12H14ClNO/c1-3-4-7-14-9(2)11-8-10(13)5-6-12(11)15/h5-6,8-9,14-15H,7H2,1-2H3. The zero-order valence-corrected chi connectivity index (χ0v) is 9.60. The summed E-state index contributed by atoms with van der Waals surface area (Å²) in [6, 6.07) is 5.05. The topological polar surface area (TPSA) is 32.3 Å². The van der Waals surface area contributed by atoms with E-state index in [1.165, 1.54) is 0 Å². The van der Waals surface area contributed by atoms with Gasteiger partial charge in [-0.1, -0.05) is 17.5 Å². The second kappa shape index (κ2) is 5.65. The minimum Gasteiger partial charge on any atom is -0.508 e. The van der Waals surface area contributed by atoms with E-state index in [1.807, 2.05) is 6.92 Å². The first kappa shape index (κ1) is 11.9. The summed E-state index contributed by atoms with van der Waals surface area (Å²) >= 11 is 5.86. The van der Waals surface area contributed by atoms with Gasteiger partial charge in [-0.25, -0.2) is 0 Å². The van der Waals surface area contributed by atoms with E-state index in [1.54, 1.807) is 25.1 Å². The summed E-state index contributed by atoms with van der Waals surface area (Å²) in [5.74, 6) is 5.96. The number of hydrogen-bond donors (Lipinski definition) is 2. The van der Waals surface area contributed by atoms with Crippen LogP contribution in [0.1, 0.15) is 25.5 Å². The molecule has 0 bridgehead atoms. The number of nitrogens with one attached hydrogen (secondary N) is 1. The van der Waals surface area contributed by atoms with Crippen molar-refractivity contribution in [2.45, 2.75) is 19.9 Å². The third-order valence-electron chi connectivity index (χ3n) is 2.13. The van der Waals surface area contributed by atoms with Crippen LogP contribution in [0, 0.1) is 11.8 Å². The molecule has 1 rings (SSSR count). The molecule has 2 nitrogen and oxygen atoms in total. The van der Waals surface area contributed by atoms with Crippen molar-refractivity contribution in [3.05, 3.63) is 28.8 Å². The minimum atomic E-state index is 0.0320. The van der Waals surface area contributed by atoms with Crippen LogP contribution < -0.4 is 5.32 Å². The van der Waals surface area contributed by atoms with E-state index >= 15 is 0 Å². The smallest absolute Gasteiger partial charge is 0.120 e. The van der Waals surface area contributed by atoms with Gasteiger partial charge in [0.2, 0.25) is 0 Å². The minimum absolute atomic E-state index is 0.0320. The summed E-state index contributed by atoms with van der Waals surface area (Å²) in [4.78, 5) is 0. The second-order valence-corrected chi connectivity index (χ2v) is 3.67. The van der Waals surface area contributed by atoms with Gasteiger partial charge in [-0.3, -0.25) is 5.32 Å². The van der Waals surface area contributed by atoms with Gasteiger partial charge in [0.25, 0.3) is 0 Å². The highest BCUT2D eigenvalue weighted by Gasteiger charge is 2.09. The molecule has 3 heteroatoms. The summed E-state index contributed by atoms with van der Waals surface area (Å²) in [5.41, 5.74) is 0.792. The van der Waals surface area contributed by atoms with Crippen LogP contribution in [0.3, 0.4) is 0 Å². The summed E-state index contributed by atoms with van der Waals surface area (Å²) in [6.07, 6.45) is 0. The van der Waals surface area contributed by atoms with E-state index in [0.717, 1.165) is 5.56 Å². The van der Waals surface area contributed by atoms with E-state index in [0.29, 0.717) is 11.6 Å². The predicted molar refractivity (Wildman–Crippen MR) is 63.0 cm³/mol. The third kappa shape index (κ3) is 3.47. The molecule has 0 spiro atoms. The molecular weight excluding hydrogens is 210 g/mol. The Morgan fingerprint density at radius 1 is 1.53 bits per heavy atom. The van der Waals surface area contributed by atoms with Crippen molar-refractivity contribution in [3.8, 4) is 17.6 Å². The SMILES string of the molecule is CC#CCNC(C)c1cc(Cl)ccc1O. The fourth-order valence-electron chi connectivity index (χ4n) is 1.27. The van der Waals surface area contributed by atoms with E-state index < -0.39 is 0 Å². The van der Waals surface area contributed by atoms with Gasteiger partial charge in [0.05, 0.1) is 6.54 Å². The molecule has 0 saturated heterocycles. The van der Waals surface area contributed by atoms with Gasteiger partial charge in [0.1, 0.15) is 5.75 Å². The Morgan fingerprint density at radius 3 is 2.93 bits per heavy atom. The lowest BCUT2D eigenvalue weighted by Crippen LogP contribution is -2.18. The molecule has 0 aliphatic carbocycles. The number of rotatable bonds is 3. The molecule has 15 heavy (non-hydrogen) atoms. The molecule has 0 radical (unpaired) electrons. The van der Waals surface area contributed by atoms with E-state index in [-0.39, 0.29) is 11.8 Å². The quantitative estimate of drug-likeness (QED) is 0.773. The largest absolute Gasteiger partial charge is 0.508 e. The van der Waals surface area contributed by atoms with Crippen LogP contribution >= 0.6 is 11.6 Å². The molecule has 1 aromatic carbocycles. The normalized spacial score (nSPS) is 11.7. The molecule has 80 valence electrons. The van der Waals surface area contributed by atoms with Gasteiger partial charge < -0.3 is 5.11 Å². The summed E-state index contributed by atoms with van der Waals surface area (Å²) in [5, 5.41) is 13.4. The lowest BCUT2D eigenvalue weighted by atomic mass is 10.1. The van der Waals surface area contributed by atoms with Crippen molar-refractivity contribution in [1.29, 1.82) is 0 Å². The number of benzene rings is 1. The maximum absolute atomic E-state index is 9.63. The highest BCUT2D eigenvalue weighted by Crippen LogP contribution is 2.26. The third-order valence-corrected chi connectivity index (χ3v) is 2.36. The Hall–Kier alpha value is -1.17. The molecule has 0 heterocycles. The van der Waals surface area contributed by atoms with Crippen LogP contribution in [-0.4, -0.2) is 11.7 Å². The first-order valence-electron chi connectivity index (χ1n) is 4.76. The zero-order chi connectivity index (χ0) is 11.3. The number of halogens is 1. The van der Waals surface area contributed by atoms with Crippen LogP contribution in [-0.2, 0) is 0 Å². The van der Waals surface area contributed by atoms with Crippen LogP contribution in [0.5, 0.6) is 5.75 Å². The van der Waals surface area contributed by atoms with E-state index in [4.69, 9.17) is 11.6 Å². The Morgan fingerprint density at radius 2 is 2.27 bits per heavy atom. The van der Waals surface area contributed by atoms with Gasteiger partial charge in [-0.05, 0) is 32.0 Å². The zero-order valence-electron chi connectivity index (χ0n) is 8.84. The van der Waals surface area contributed by atoms with Crippen LogP contribution in [0.15, 0.2) is 18.2 Å². The molecule has 0 amide bonds. The van der Waals surface area contributed by atoms with Gasteiger partial charge in [0.15, 0.2) is 0 Å². The van der Waals surface area contributed by atoms with Crippen LogP contribution in [0.4, 0.5) is 0 Å². The van der Waals surface area contributed by atoms with Crippen molar-refractivity contribution in [3.63, 3.8) is 0 Å². The van der Waals surface area contributed by atoms with Crippen LogP contribution in [0.2, 0.25) is 5.02 Å². The average molecular weight is 224 g/mol. The van der Waals surface area contributed by atoms with Crippen molar-refractivity contribution in [1.82, 2.24) is 5.32 Å². The molecule has 0 aromatic heterocycles. The number of phenolic OH excluding ortho intramolecular Hbond substituents is 1. The summed E-state index contributed by atoms with van der Waals surface area (Å²) < 4.78 is 0. The highest BCUT2D eigenvalue weighted by molar-refractivity contribution is 6.30. The highest BCUT2D eigenvalue weighted by atomic mass is 35.5. The fourth-order valence-corrected chi connectivity index (χ4v) is 1.46. The maximum Gasteiger partial charge on any atom is 0.120 e. The Kier molecular flexibility index (Phi) is 4.48. The molecule has 1 atom stereocenters. The first-order chi connectivity index (χ1) is 7.15. The molecule has 1 unspecified atom stereocenters. The lowest BCUT2D eigenvalue weighted by molar-refractivity contribution is 0.456. The van der Waals surface area contributed by atoms with Gasteiger partial charge in [0, 0.05) is 16.6 Å². The van der Waals surface area contributed by atoms with Gasteiger partial charge >= 0.3 is 0 Å². The summed E-state index contributed by atoms with van der Waals surface area (Å²) in [7, 11) is 0. The van der Waals surface area contributed by atoms with Crippen molar-refractivity contribution >= 4 is 11.6 Å². The maximum atomic E-state index is 9.63. The monoisotopic (exact) mass is 223 g/mol. The molecular formula is C12H14ClNO. The number of hydrogen-bond acceptors (Lipinski definition) is 2. The Bertz CT molecular complexity index is 392. The molecule has 2 N–H and O–H groups in total. The predicted octanol–water partition coefficient (Wildman–Crippen LogP) is 2.72. The van der Waals surface area contributed by atoms with Gasteiger partial charge in [-0.2, -0.15) is 0 Å². The molecule has 0 saturated carbocycles. The average Bonchev–Trinajstić information content (AvgIpc) is 2.22. The van der Waals surface area contributed by atoms with Crippen molar-refractivity contribution in [2.75, 3.05) is 6.54 Å². The molecule has 0 aliphatic heterocycles. The lowest BCUT2D eigenvalue weighted by Gasteiger charge is -2.14. The second-order valence-electron chi connectivity index (χ2n) is 3.23. The van der Waals surface area contributed by atoms with Crippen LogP contribution in [0.25, 0.3) is 0 Å². The first-order valence-corrected chi connectivity index (χ1v) is 5.14. The Labute approximate surface area is 95.3 Å². The molecule has 0 fully saturated rings. The van der Waals surface area contributed by atoms with E-state index in [2.05, 4.69) is 17.2 Å². The van der Waals surface area contributed by atoms with Crippen molar-refractivity contribution < 1.29 is 5.11 Å². The molecule has 0 aliphatic rings. The fraction of sp³-hybridized carbons (Fsp3) is 0.333. The number of aromatic hydroxyl groups is 1. The number of phenols is 1. The van der Waals surface area contributed by atoms with Crippen molar-refractivity contribution in [2.24, 2.45) is 0 Å². The van der Waals surface area contributed by atoms with E-state index in [9.17, 15) is 5.11 Å². The Balaban J connectivity index is 2.74. The summed E-state index contributed by atoms with van der Waals surface area (Å²) in [6.45, 7) is 4.36. The molecule has 1 aromatic rings. The van der Waals surface area contributed by atoms with Gasteiger partial charge in [-0.15, -0.1) is 5.92 Å².